The quantitative estimate of drug-likeness (QED) is 0.642. The van der Waals surface area contributed by atoms with E-state index in [4.69, 9.17) is 0 Å². The van der Waals surface area contributed by atoms with Crippen molar-refractivity contribution in [2.24, 2.45) is 0 Å². The second-order valence-electron chi connectivity index (χ2n) is 3.66. The minimum absolute atomic E-state index is 0.763. The third kappa shape index (κ3) is 2.23. The maximum absolute atomic E-state index is 10.5. The lowest BCUT2D eigenvalue weighted by atomic mass is 10.3. The molecule has 5 heteroatoms. The van der Waals surface area contributed by atoms with Crippen LogP contribution in [0.15, 0.2) is 12.1 Å². The Kier molecular flexibility index (Phi) is 2.80. The Morgan fingerprint density at radius 1 is 1.20 bits per heavy atom. The zero-order chi connectivity index (χ0) is 10.7. The van der Waals surface area contributed by atoms with Gasteiger partial charge in [0, 0.05) is 26.2 Å². The van der Waals surface area contributed by atoms with Gasteiger partial charge in [-0.05, 0) is 19.1 Å². The molecule has 80 valence electrons. The van der Waals surface area contributed by atoms with Gasteiger partial charge in [0.25, 0.3) is 0 Å². The van der Waals surface area contributed by atoms with Crippen LogP contribution < -0.4 is 4.90 Å². The number of hydrogen-bond donors (Lipinski definition) is 0. The first-order valence-electron chi connectivity index (χ1n) is 5.04. The van der Waals surface area contributed by atoms with Crippen molar-refractivity contribution < 1.29 is 4.79 Å². The molecule has 5 nitrogen and oxygen atoms in total. The average molecular weight is 206 g/mol. The number of amides is 1. The van der Waals surface area contributed by atoms with Gasteiger partial charge in [-0.1, -0.05) is 0 Å². The highest BCUT2D eigenvalue weighted by Crippen LogP contribution is 2.11. The van der Waals surface area contributed by atoms with E-state index in [1.807, 2.05) is 19.1 Å². The molecule has 2 rings (SSSR count). The van der Waals surface area contributed by atoms with E-state index < -0.39 is 0 Å². The first kappa shape index (κ1) is 9.89. The van der Waals surface area contributed by atoms with Gasteiger partial charge in [0.05, 0.1) is 5.69 Å². The van der Waals surface area contributed by atoms with E-state index in [2.05, 4.69) is 15.1 Å². The van der Waals surface area contributed by atoms with Crippen LogP contribution in [0.2, 0.25) is 0 Å². The van der Waals surface area contributed by atoms with E-state index in [9.17, 15) is 4.79 Å². The number of aryl methyl sites for hydroxylation is 1. The van der Waals surface area contributed by atoms with E-state index in [1.165, 1.54) is 0 Å². The second kappa shape index (κ2) is 4.25. The van der Waals surface area contributed by atoms with Crippen LogP contribution in [-0.4, -0.2) is 47.7 Å². The number of piperazine rings is 1. The highest BCUT2D eigenvalue weighted by molar-refractivity contribution is 5.48. The molecule has 0 radical (unpaired) electrons. The van der Waals surface area contributed by atoms with Crippen molar-refractivity contribution in [3.8, 4) is 0 Å². The van der Waals surface area contributed by atoms with E-state index in [1.54, 1.807) is 4.90 Å². The van der Waals surface area contributed by atoms with Crippen LogP contribution in [0.3, 0.4) is 0 Å². The molecule has 1 aromatic heterocycles. The molecule has 1 aliphatic heterocycles. The number of anilines is 1. The highest BCUT2D eigenvalue weighted by atomic mass is 16.1. The largest absolute Gasteiger partial charge is 0.352 e. The van der Waals surface area contributed by atoms with E-state index in [0.717, 1.165) is 44.1 Å². The molecular weight excluding hydrogens is 192 g/mol. The standard InChI is InChI=1S/C10H14N4O/c1-9-2-3-10(12-11-9)14-6-4-13(8-15)5-7-14/h2-3,8H,4-7H2,1H3. The lowest BCUT2D eigenvalue weighted by Gasteiger charge is -2.32. The Morgan fingerprint density at radius 2 is 1.93 bits per heavy atom. The van der Waals surface area contributed by atoms with Gasteiger partial charge >= 0.3 is 0 Å². The predicted octanol–water partition coefficient (Wildman–Crippen LogP) is 0.0634. The van der Waals surface area contributed by atoms with E-state index in [-0.39, 0.29) is 0 Å². The summed E-state index contributed by atoms with van der Waals surface area (Å²) in [5.74, 6) is 0.895. The molecule has 0 atom stereocenters. The summed E-state index contributed by atoms with van der Waals surface area (Å²) in [5, 5.41) is 8.14. The number of carbonyl (C=O) groups excluding carboxylic acids is 1. The molecule has 1 fully saturated rings. The molecule has 0 unspecified atom stereocenters. The van der Waals surface area contributed by atoms with Crippen LogP contribution in [0.25, 0.3) is 0 Å². The Morgan fingerprint density at radius 3 is 2.47 bits per heavy atom. The maximum Gasteiger partial charge on any atom is 0.209 e. The van der Waals surface area contributed by atoms with Crippen LogP contribution in [-0.2, 0) is 4.79 Å². The van der Waals surface area contributed by atoms with Gasteiger partial charge in [-0.3, -0.25) is 4.79 Å². The fraction of sp³-hybridized carbons (Fsp3) is 0.500. The first-order valence-corrected chi connectivity index (χ1v) is 5.04. The average Bonchev–Trinajstić information content (AvgIpc) is 2.30. The first-order chi connectivity index (χ1) is 7.29. The molecule has 0 spiro atoms. The third-order valence-corrected chi connectivity index (χ3v) is 2.57. The number of rotatable bonds is 2. The lowest BCUT2D eigenvalue weighted by Crippen LogP contribution is -2.46. The molecule has 1 amide bonds. The highest BCUT2D eigenvalue weighted by Gasteiger charge is 2.16. The molecule has 0 bridgehead atoms. The zero-order valence-corrected chi connectivity index (χ0v) is 8.76. The van der Waals surface area contributed by atoms with Crippen LogP contribution >= 0.6 is 0 Å². The summed E-state index contributed by atoms with van der Waals surface area (Å²) in [6, 6.07) is 3.92. The Balaban J connectivity index is 2.01. The maximum atomic E-state index is 10.5. The summed E-state index contributed by atoms with van der Waals surface area (Å²) < 4.78 is 0. The van der Waals surface area contributed by atoms with Crippen molar-refractivity contribution in [3.63, 3.8) is 0 Å². The SMILES string of the molecule is Cc1ccc(N2CCN(C=O)CC2)nn1. The fourth-order valence-corrected chi connectivity index (χ4v) is 1.62. The molecule has 1 saturated heterocycles. The fourth-order valence-electron chi connectivity index (χ4n) is 1.62. The monoisotopic (exact) mass is 206 g/mol. The summed E-state index contributed by atoms with van der Waals surface area (Å²) >= 11 is 0. The Labute approximate surface area is 88.7 Å². The molecule has 0 aromatic carbocycles. The molecule has 1 aromatic rings. The molecule has 0 saturated carbocycles. The van der Waals surface area contributed by atoms with Crippen LogP contribution in [0, 0.1) is 6.92 Å². The van der Waals surface area contributed by atoms with Crippen molar-refractivity contribution in [2.45, 2.75) is 6.92 Å². The van der Waals surface area contributed by atoms with Crippen LogP contribution in [0.5, 0.6) is 0 Å². The number of carbonyl (C=O) groups is 1. The Bertz CT molecular complexity index is 330. The normalized spacial score (nSPS) is 16.6. The molecule has 1 aliphatic rings. The van der Waals surface area contributed by atoms with E-state index in [0.29, 0.717) is 0 Å². The molecular formula is C10H14N4O. The number of hydrogen-bond acceptors (Lipinski definition) is 4. The summed E-state index contributed by atoms with van der Waals surface area (Å²) in [6.45, 7) is 5.10. The topological polar surface area (TPSA) is 49.3 Å². The van der Waals surface area contributed by atoms with Gasteiger partial charge in [-0.2, -0.15) is 5.10 Å². The minimum atomic E-state index is 0.763. The molecule has 0 N–H and O–H groups in total. The third-order valence-electron chi connectivity index (χ3n) is 2.57. The van der Waals surface area contributed by atoms with Gasteiger partial charge < -0.3 is 9.80 Å². The van der Waals surface area contributed by atoms with Crippen molar-refractivity contribution in [3.05, 3.63) is 17.8 Å². The predicted molar refractivity (Wildman–Crippen MR) is 56.6 cm³/mol. The van der Waals surface area contributed by atoms with Gasteiger partial charge in [-0.15, -0.1) is 5.10 Å². The number of nitrogens with zero attached hydrogens (tertiary/aromatic N) is 4. The summed E-state index contributed by atoms with van der Waals surface area (Å²) in [7, 11) is 0. The lowest BCUT2D eigenvalue weighted by molar-refractivity contribution is -0.118. The second-order valence-corrected chi connectivity index (χ2v) is 3.66. The van der Waals surface area contributed by atoms with Crippen molar-refractivity contribution in [1.29, 1.82) is 0 Å². The Hall–Kier alpha value is -1.65. The smallest absolute Gasteiger partial charge is 0.209 e. The van der Waals surface area contributed by atoms with Crippen LogP contribution in [0.1, 0.15) is 5.69 Å². The number of aromatic nitrogens is 2. The summed E-state index contributed by atoms with van der Waals surface area (Å²) in [4.78, 5) is 14.4. The van der Waals surface area contributed by atoms with Gasteiger partial charge in [0.15, 0.2) is 5.82 Å². The molecule has 0 aliphatic carbocycles. The van der Waals surface area contributed by atoms with E-state index >= 15 is 0 Å². The zero-order valence-electron chi connectivity index (χ0n) is 8.76. The summed E-state index contributed by atoms with van der Waals surface area (Å²) in [6.07, 6.45) is 0.901. The molecule has 15 heavy (non-hydrogen) atoms. The van der Waals surface area contributed by atoms with Crippen molar-refractivity contribution >= 4 is 12.2 Å². The van der Waals surface area contributed by atoms with Gasteiger partial charge in [-0.25, -0.2) is 0 Å². The minimum Gasteiger partial charge on any atom is -0.352 e. The summed E-state index contributed by atoms with van der Waals surface area (Å²) in [5.41, 5.74) is 0.922. The van der Waals surface area contributed by atoms with Gasteiger partial charge in [0.1, 0.15) is 0 Å². The van der Waals surface area contributed by atoms with Gasteiger partial charge in [0.2, 0.25) is 6.41 Å². The van der Waals surface area contributed by atoms with Crippen molar-refractivity contribution in [2.75, 3.05) is 31.1 Å². The molecule has 2 heterocycles. The van der Waals surface area contributed by atoms with Crippen molar-refractivity contribution in [1.82, 2.24) is 15.1 Å². The van der Waals surface area contributed by atoms with Crippen LogP contribution in [0.4, 0.5) is 5.82 Å².